The first-order chi connectivity index (χ1) is 12.5. The number of imidazole rings is 1. The molecule has 0 bridgehead atoms. The van der Waals surface area contributed by atoms with Gasteiger partial charge in [-0.2, -0.15) is 0 Å². The van der Waals surface area contributed by atoms with Crippen molar-refractivity contribution in [3.63, 3.8) is 0 Å². The first-order valence-corrected chi connectivity index (χ1v) is 8.51. The highest BCUT2D eigenvalue weighted by Crippen LogP contribution is 2.29. The van der Waals surface area contributed by atoms with Crippen molar-refractivity contribution in [1.29, 1.82) is 0 Å². The van der Waals surface area contributed by atoms with Crippen LogP contribution in [0.5, 0.6) is 0 Å². The molecule has 1 aliphatic rings. The molecule has 1 N–H and O–H groups in total. The van der Waals surface area contributed by atoms with E-state index in [1.807, 2.05) is 23.1 Å². The lowest BCUT2D eigenvalue weighted by Crippen LogP contribution is -2.25. The monoisotopic (exact) mass is 359 g/mol. The number of anilines is 1. The van der Waals surface area contributed by atoms with Crippen LogP contribution in [0.4, 0.5) is 14.5 Å². The third kappa shape index (κ3) is 2.68. The van der Waals surface area contributed by atoms with Crippen LogP contribution in [0, 0.1) is 11.6 Å². The molecule has 1 aliphatic heterocycles. The van der Waals surface area contributed by atoms with Crippen molar-refractivity contribution in [3.8, 4) is 0 Å². The predicted octanol–water partition coefficient (Wildman–Crippen LogP) is 2.24. The van der Waals surface area contributed by atoms with Gasteiger partial charge in [-0.1, -0.05) is 6.07 Å². The summed E-state index contributed by atoms with van der Waals surface area (Å²) in [7, 11) is 1.66. The van der Waals surface area contributed by atoms with Gasteiger partial charge < -0.3 is 10.0 Å². The SMILES string of the molecule is Cn1c(=O)n(Cc2cc(F)ccc2F)c2c(N3CCC(O)C3)cccc21. The third-order valence-corrected chi connectivity index (χ3v) is 4.98. The fourth-order valence-corrected chi connectivity index (χ4v) is 3.64. The molecule has 4 rings (SSSR count). The van der Waals surface area contributed by atoms with Crippen LogP contribution in [-0.4, -0.2) is 33.4 Å². The van der Waals surface area contributed by atoms with E-state index >= 15 is 0 Å². The third-order valence-electron chi connectivity index (χ3n) is 4.98. The zero-order chi connectivity index (χ0) is 18.4. The Morgan fingerprint density at radius 3 is 2.77 bits per heavy atom. The zero-order valence-electron chi connectivity index (χ0n) is 14.3. The Balaban J connectivity index is 1.90. The van der Waals surface area contributed by atoms with Crippen molar-refractivity contribution in [3.05, 3.63) is 64.1 Å². The molecule has 2 aromatic carbocycles. The lowest BCUT2D eigenvalue weighted by molar-refractivity contribution is 0.198. The molecule has 26 heavy (non-hydrogen) atoms. The van der Waals surface area contributed by atoms with Crippen LogP contribution in [0.1, 0.15) is 12.0 Å². The molecule has 2 heterocycles. The number of halogens is 2. The Kier molecular flexibility index (Phi) is 4.03. The van der Waals surface area contributed by atoms with Gasteiger partial charge in [0.05, 0.1) is 29.4 Å². The molecule has 1 unspecified atom stereocenters. The molecule has 136 valence electrons. The maximum absolute atomic E-state index is 14.1. The van der Waals surface area contributed by atoms with Crippen molar-refractivity contribution in [2.24, 2.45) is 7.05 Å². The van der Waals surface area contributed by atoms with E-state index in [1.54, 1.807) is 7.05 Å². The van der Waals surface area contributed by atoms with Gasteiger partial charge in [0.2, 0.25) is 0 Å². The number of hydrogen-bond acceptors (Lipinski definition) is 3. The van der Waals surface area contributed by atoms with Crippen molar-refractivity contribution in [2.75, 3.05) is 18.0 Å². The van der Waals surface area contributed by atoms with E-state index in [2.05, 4.69) is 0 Å². The van der Waals surface area contributed by atoms with Gasteiger partial charge in [0.1, 0.15) is 11.6 Å². The Bertz CT molecular complexity index is 1040. The second-order valence-corrected chi connectivity index (χ2v) is 6.70. The minimum absolute atomic E-state index is 0.0623. The summed E-state index contributed by atoms with van der Waals surface area (Å²) >= 11 is 0. The highest BCUT2D eigenvalue weighted by molar-refractivity contribution is 5.90. The number of para-hydroxylation sites is 1. The summed E-state index contributed by atoms with van der Waals surface area (Å²) < 4.78 is 30.6. The number of aromatic nitrogens is 2. The zero-order valence-corrected chi connectivity index (χ0v) is 14.3. The molecular formula is C19H19F2N3O2. The number of aryl methyl sites for hydroxylation is 1. The largest absolute Gasteiger partial charge is 0.391 e. The van der Waals surface area contributed by atoms with Crippen molar-refractivity contribution >= 4 is 16.7 Å². The number of β-amino-alcohol motifs (C(OH)–C–C–N with tert-alkyl or cyclic N) is 1. The summed E-state index contributed by atoms with van der Waals surface area (Å²) in [5.41, 5.74) is 2.02. The number of nitrogens with zero attached hydrogens (tertiary/aromatic N) is 3. The molecule has 0 radical (unpaired) electrons. The number of hydrogen-bond donors (Lipinski definition) is 1. The van der Waals surface area contributed by atoms with Gasteiger partial charge in [0.15, 0.2) is 0 Å². The smallest absolute Gasteiger partial charge is 0.329 e. The van der Waals surface area contributed by atoms with Gasteiger partial charge >= 0.3 is 5.69 Å². The van der Waals surface area contributed by atoms with Crippen LogP contribution in [0.3, 0.4) is 0 Å². The lowest BCUT2D eigenvalue weighted by Gasteiger charge is -2.20. The molecule has 0 amide bonds. The molecule has 3 aromatic rings. The minimum atomic E-state index is -0.552. The number of fused-ring (bicyclic) bond motifs is 1. The van der Waals surface area contributed by atoms with E-state index in [1.165, 1.54) is 9.13 Å². The summed E-state index contributed by atoms with van der Waals surface area (Å²) in [6, 6.07) is 8.81. The fourth-order valence-electron chi connectivity index (χ4n) is 3.64. The van der Waals surface area contributed by atoms with Crippen LogP contribution in [0.15, 0.2) is 41.2 Å². The maximum atomic E-state index is 14.1. The van der Waals surface area contributed by atoms with E-state index in [0.29, 0.717) is 30.5 Å². The number of aliphatic hydroxyl groups is 1. The van der Waals surface area contributed by atoms with Gasteiger partial charge in [-0.05, 0) is 36.8 Å². The molecule has 5 nitrogen and oxygen atoms in total. The molecule has 1 atom stereocenters. The van der Waals surface area contributed by atoms with E-state index < -0.39 is 17.7 Å². The highest BCUT2D eigenvalue weighted by atomic mass is 19.1. The molecule has 7 heteroatoms. The summed E-state index contributed by atoms with van der Waals surface area (Å²) in [5.74, 6) is -1.10. The molecule has 1 saturated heterocycles. The molecular weight excluding hydrogens is 340 g/mol. The van der Waals surface area contributed by atoms with Crippen LogP contribution in [-0.2, 0) is 13.6 Å². The summed E-state index contributed by atoms with van der Waals surface area (Å²) in [4.78, 5) is 14.8. The average molecular weight is 359 g/mol. The maximum Gasteiger partial charge on any atom is 0.329 e. The molecule has 0 saturated carbocycles. The Morgan fingerprint density at radius 1 is 1.23 bits per heavy atom. The Labute approximate surface area is 148 Å². The van der Waals surface area contributed by atoms with Crippen LogP contribution in [0.25, 0.3) is 11.0 Å². The second kappa shape index (κ2) is 6.25. The molecule has 0 aliphatic carbocycles. The normalized spacial score (nSPS) is 17.4. The van der Waals surface area contributed by atoms with Crippen LogP contribution < -0.4 is 10.6 Å². The number of aliphatic hydroxyl groups excluding tert-OH is 1. The first kappa shape index (κ1) is 16.8. The van der Waals surface area contributed by atoms with Crippen molar-refractivity contribution in [1.82, 2.24) is 9.13 Å². The van der Waals surface area contributed by atoms with Gasteiger partial charge in [-0.25, -0.2) is 13.6 Å². The topological polar surface area (TPSA) is 50.4 Å². The Morgan fingerprint density at radius 2 is 2.04 bits per heavy atom. The molecule has 1 aromatic heterocycles. The van der Waals surface area contributed by atoms with E-state index in [0.717, 1.165) is 23.9 Å². The summed E-state index contributed by atoms with van der Waals surface area (Å²) in [6.45, 7) is 1.10. The predicted molar refractivity (Wildman–Crippen MR) is 95.5 cm³/mol. The van der Waals surface area contributed by atoms with Gasteiger partial charge in [0.25, 0.3) is 0 Å². The summed E-state index contributed by atoms with van der Waals surface area (Å²) in [6.07, 6.45) is 0.251. The first-order valence-electron chi connectivity index (χ1n) is 8.51. The minimum Gasteiger partial charge on any atom is -0.391 e. The standard InChI is InChI=1S/C19H19F2N3O2/c1-22-16-3-2-4-17(23-8-7-14(25)11-23)18(16)24(19(22)26)10-12-9-13(20)5-6-15(12)21/h2-6,9,14,25H,7-8,10-11H2,1H3. The summed E-state index contributed by atoms with van der Waals surface area (Å²) in [5, 5.41) is 9.86. The van der Waals surface area contributed by atoms with Crippen LogP contribution >= 0.6 is 0 Å². The van der Waals surface area contributed by atoms with E-state index in [4.69, 9.17) is 0 Å². The lowest BCUT2D eigenvalue weighted by atomic mass is 10.2. The average Bonchev–Trinajstić information content (AvgIpc) is 3.15. The quantitative estimate of drug-likeness (QED) is 0.780. The van der Waals surface area contributed by atoms with E-state index in [9.17, 15) is 18.7 Å². The highest BCUT2D eigenvalue weighted by Gasteiger charge is 2.25. The van der Waals surface area contributed by atoms with Gasteiger partial charge in [0, 0.05) is 25.7 Å². The number of rotatable bonds is 3. The van der Waals surface area contributed by atoms with Gasteiger partial charge in [-0.15, -0.1) is 0 Å². The van der Waals surface area contributed by atoms with Crippen molar-refractivity contribution in [2.45, 2.75) is 19.1 Å². The van der Waals surface area contributed by atoms with Gasteiger partial charge in [-0.3, -0.25) is 9.13 Å². The van der Waals surface area contributed by atoms with E-state index in [-0.39, 0.29) is 17.8 Å². The van der Waals surface area contributed by atoms with Crippen molar-refractivity contribution < 1.29 is 13.9 Å². The Hall–Kier alpha value is -2.67. The number of benzene rings is 2. The second-order valence-electron chi connectivity index (χ2n) is 6.70. The fraction of sp³-hybridized carbons (Fsp3) is 0.316. The van der Waals surface area contributed by atoms with Crippen LogP contribution in [0.2, 0.25) is 0 Å². The molecule has 0 spiro atoms. The molecule has 1 fully saturated rings.